The molecule has 0 fully saturated rings. The van der Waals surface area contributed by atoms with Crippen molar-refractivity contribution in [2.45, 2.75) is 52.4 Å². The average molecular weight is 152 g/mol. The molecule has 0 aliphatic heterocycles. The van der Waals surface area contributed by atoms with Gasteiger partial charge in [0.2, 0.25) is 0 Å². The van der Waals surface area contributed by atoms with E-state index in [2.05, 4.69) is 19.9 Å². The molecular weight excluding hydrogens is 132 g/mol. The first-order chi connectivity index (χ1) is 5.38. The third-order valence-corrected chi connectivity index (χ3v) is 2.84. The van der Waals surface area contributed by atoms with Crippen LogP contribution in [0.25, 0.3) is 0 Å². The molecule has 0 saturated carbocycles. The van der Waals surface area contributed by atoms with E-state index in [1.54, 1.807) is 5.57 Å². The van der Waals surface area contributed by atoms with Gasteiger partial charge in [-0.05, 0) is 38.0 Å². The Morgan fingerprint density at radius 1 is 1.36 bits per heavy atom. The van der Waals surface area contributed by atoms with Gasteiger partial charge >= 0.3 is 0 Å². The van der Waals surface area contributed by atoms with Crippen molar-refractivity contribution in [3.05, 3.63) is 11.6 Å². The molecule has 1 unspecified atom stereocenters. The molecule has 64 valence electrons. The Morgan fingerprint density at radius 3 is 2.82 bits per heavy atom. The van der Waals surface area contributed by atoms with Crippen LogP contribution in [0.2, 0.25) is 0 Å². The predicted octanol–water partition coefficient (Wildman–Crippen LogP) is 3.92. The fraction of sp³-hybridized carbons (Fsp3) is 0.818. The maximum absolute atomic E-state index is 2.49. The van der Waals surface area contributed by atoms with Gasteiger partial charge < -0.3 is 0 Å². The van der Waals surface area contributed by atoms with Crippen molar-refractivity contribution in [3.8, 4) is 0 Å². The van der Waals surface area contributed by atoms with Crippen LogP contribution >= 0.6 is 0 Å². The van der Waals surface area contributed by atoms with Crippen molar-refractivity contribution >= 4 is 0 Å². The Balaban J connectivity index is 2.56. The average Bonchev–Trinajstić information content (AvgIpc) is 2.27. The first-order valence-corrected chi connectivity index (χ1v) is 5.07. The molecule has 0 saturated heterocycles. The van der Waals surface area contributed by atoms with E-state index in [0.29, 0.717) is 0 Å². The summed E-state index contributed by atoms with van der Waals surface area (Å²) in [6, 6.07) is 0. The second kappa shape index (κ2) is 4.58. The number of allylic oxidation sites excluding steroid dienone is 2. The summed E-state index contributed by atoms with van der Waals surface area (Å²) in [4.78, 5) is 0. The van der Waals surface area contributed by atoms with Crippen molar-refractivity contribution in [2.75, 3.05) is 0 Å². The van der Waals surface area contributed by atoms with Gasteiger partial charge in [0, 0.05) is 0 Å². The monoisotopic (exact) mass is 152 g/mol. The summed E-state index contributed by atoms with van der Waals surface area (Å²) in [5.41, 5.74) is 1.73. The molecule has 1 aliphatic rings. The zero-order valence-electron chi connectivity index (χ0n) is 7.90. The third-order valence-electron chi connectivity index (χ3n) is 2.84. The lowest BCUT2D eigenvalue weighted by Crippen LogP contribution is -2.00. The minimum atomic E-state index is 0.919. The van der Waals surface area contributed by atoms with E-state index in [-0.39, 0.29) is 0 Å². The number of hydrogen-bond acceptors (Lipinski definition) is 0. The fourth-order valence-electron chi connectivity index (χ4n) is 2.07. The molecule has 0 N–H and O–H groups in total. The molecule has 0 amide bonds. The van der Waals surface area contributed by atoms with Gasteiger partial charge in [0.15, 0.2) is 0 Å². The van der Waals surface area contributed by atoms with E-state index in [0.717, 1.165) is 5.92 Å². The maximum Gasteiger partial charge on any atom is -0.0206 e. The molecule has 0 heteroatoms. The Morgan fingerprint density at radius 2 is 2.18 bits per heavy atom. The Kier molecular flexibility index (Phi) is 3.68. The lowest BCUT2D eigenvalue weighted by molar-refractivity contribution is 0.514. The molecule has 0 aromatic heterocycles. The summed E-state index contributed by atoms with van der Waals surface area (Å²) in [6.07, 6.45) is 10.7. The fourth-order valence-corrected chi connectivity index (χ4v) is 2.07. The first kappa shape index (κ1) is 8.83. The van der Waals surface area contributed by atoms with E-state index in [1.807, 2.05) is 0 Å². The smallest absolute Gasteiger partial charge is 0.0206 e. The minimum Gasteiger partial charge on any atom is -0.0851 e. The van der Waals surface area contributed by atoms with Crippen LogP contribution in [0.3, 0.4) is 0 Å². The molecule has 0 nitrogen and oxygen atoms in total. The van der Waals surface area contributed by atoms with Gasteiger partial charge in [0.05, 0.1) is 0 Å². The van der Waals surface area contributed by atoms with E-state index >= 15 is 0 Å². The highest BCUT2D eigenvalue weighted by Crippen LogP contribution is 2.28. The quantitative estimate of drug-likeness (QED) is 0.526. The molecule has 0 radical (unpaired) electrons. The van der Waals surface area contributed by atoms with Gasteiger partial charge in [-0.2, -0.15) is 0 Å². The first-order valence-electron chi connectivity index (χ1n) is 5.07. The highest BCUT2D eigenvalue weighted by Gasteiger charge is 2.12. The molecule has 1 atom stereocenters. The van der Waals surface area contributed by atoms with Crippen LogP contribution in [0.15, 0.2) is 11.6 Å². The van der Waals surface area contributed by atoms with Gasteiger partial charge in [-0.3, -0.25) is 0 Å². The highest BCUT2D eigenvalue weighted by atomic mass is 14.2. The second-order valence-electron chi connectivity index (χ2n) is 3.52. The summed E-state index contributed by atoms with van der Waals surface area (Å²) < 4.78 is 0. The zero-order valence-corrected chi connectivity index (χ0v) is 7.90. The van der Waals surface area contributed by atoms with Gasteiger partial charge in [-0.15, -0.1) is 0 Å². The molecule has 0 bridgehead atoms. The van der Waals surface area contributed by atoms with Crippen LogP contribution < -0.4 is 0 Å². The van der Waals surface area contributed by atoms with Crippen molar-refractivity contribution in [1.82, 2.24) is 0 Å². The predicted molar refractivity (Wildman–Crippen MR) is 50.6 cm³/mol. The second-order valence-corrected chi connectivity index (χ2v) is 3.52. The molecule has 1 aliphatic carbocycles. The van der Waals surface area contributed by atoms with E-state index in [9.17, 15) is 0 Å². The minimum absolute atomic E-state index is 0.919. The normalized spacial score (nSPS) is 26.0. The van der Waals surface area contributed by atoms with E-state index in [4.69, 9.17) is 0 Å². The Hall–Kier alpha value is -0.260. The van der Waals surface area contributed by atoms with Gasteiger partial charge in [-0.25, -0.2) is 0 Å². The van der Waals surface area contributed by atoms with Gasteiger partial charge in [0.1, 0.15) is 0 Å². The number of hydrogen-bond donors (Lipinski definition) is 0. The lowest BCUT2D eigenvalue weighted by Gasteiger charge is -2.14. The van der Waals surface area contributed by atoms with Crippen molar-refractivity contribution < 1.29 is 0 Å². The number of rotatable bonds is 2. The summed E-state index contributed by atoms with van der Waals surface area (Å²) in [7, 11) is 0. The van der Waals surface area contributed by atoms with Gasteiger partial charge in [-0.1, -0.05) is 31.9 Å². The maximum atomic E-state index is 2.49. The van der Waals surface area contributed by atoms with E-state index < -0.39 is 0 Å². The van der Waals surface area contributed by atoms with Crippen molar-refractivity contribution in [1.29, 1.82) is 0 Å². The summed E-state index contributed by atoms with van der Waals surface area (Å²) in [5.74, 6) is 0.919. The Labute approximate surface area is 70.7 Å². The highest BCUT2D eigenvalue weighted by molar-refractivity contribution is 5.07. The van der Waals surface area contributed by atoms with Crippen LogP contribution in [0.4, 0.5) is 0 Å². The largest absolute Gasteiger partial charge is 0.0851 e. The van der Waals surface area contributed by atoms with Crippen LogP contribution in [0.5, 0.6) is 0 Å². The molecule has 11 heavy (non-hydrogen) atoms. The van der Waals surface area contributed by atoms with Crippen molar-refractivity contribution in [3.63, 3.8) is 0 Å². The molecule has 0 spiro atoms. The zero-order chi connectivity index (χ0) is 8.10. The Bertz CT molecular complexity index is 133. The standard InChI is InChI=1S/C11H20/c1-3-10-8-6-5-7-9-11(10)4-2/h8,11H,3-7,9H2,1-2H3. The van der Waals surface area contributed by atoms with Crippen LogP contribution in [0, 0.1) is 5.92 Å². The van der Waals surface area contributed by atoms with Gasteiger partial charge in [0.25, 0.3) is 0 Å². The van der Waals surface area contributed by atoms with E-state index in [1.165, 1.54) is 38.5 Å². The molecule has 0 heterocycles. The summed E-state index contributed by atoms with van der Waals surface area (Å²) in [5, 5.41) is 0. The van der Waals surface area contributed by atoms with Crippen LogP contribution in [0.1, 0.15) is 52.4 Å². The van der Waals surface area contributed by atoms with Crippen molar-refractivity contribution in [2.24, 2.45) is 5.92 Å². The molecular formula is C11H20. The molecule has 0 aromatic rings. The lowest BCUT2D eigenvalue weighted by atomic mass is 9.91. The van der Waals surface area contributed by atoms with Crippen LogP contribution in [-0.2, 0) is 0 Å². The SMILES string of the molecule is CCC1=CCCCCC1CC. The summed E-state index contributed by atoms with van der Waals surface area (Å²) >= 11 is 0. The topological polar surface area (TPSA) is 0 Å². The van der Waals surface area contributed by atoms with Crippen LogP contribution in [-0.4, -0.2) is 0 Å². The summed E-state index contributed by atoms with van der Waals surface area (Å²) in [6.45, 7) is 4.61. The molecule has 1 rings (SSSR count). The molecule has 0 aromatic carbocycles. The third kappa shape index (κ3) is 2.36.